The molecule has 3 rings (SSSR count). The highest BCUT2D eigenvalue weighted by Gasteiger charge is 2.20. The summed E-state index contributed by atoms with van der Waals surface area (Å²) in [5.74, 6) is -1.18. The molecule has 0 radical (unpaired) electrons. The number of carbonyl (C=O) groups is 1. The first-order valence-electron chi connectivity index (χ1n) is 8.59. The molecule has 1 heterocycles. The van der Waals surface area contributed by atoms with E-state index >= 15 is 0 Å². The number of nitrogens with zero attached hydrogens (tertiary/aromatic N) is 2. The highest BCUT2D eigenvalue weighted by atomic mass is 35.5. The Bertz CT molecular complexity index is 1130. The van der Waals surface area contributed by atoms with Crippen molar-refractivity contribution >= 4 is 33.0 Å². The minimum absolute atomic E-state index is 0.0324. The van der Waals surface area contributed by atoms with Gasteiger partial charge < -0.3 is 9.84 Å². The Kier molecular flexibility index (Phi) is 6.29. The van der Waals surface area contributed by atoms with Gasteiger partial charge in [-0.25, -0.2) is 12.8 Å². The van der Waals surface area contributed by atoms with Crippen LogP contribution in [0.15, 0.2) is 51.9 Å². The summed E-state index contributed by atoms with van der Waals surface area (Å²) in [5, 5.41) is 6.90. The lowest BCUT2D eigenvalue weighted by molar-refractivity contribution is -0.116. The molecular weight excluding hydrogens is 421 g/mol. The molecule has 0 atom stereocenters. The Morgan fingerprint density at radius 3 is 2.62 bits per heavy atom. The zero-order valence-corrected chi connectivity index (χ0v) is 16.9. The first kappa shape index (κ1) is 20.9. The molecule has 1 N–H and O–H groups in total. The van der Waals surface area contributed by atoms with Gasteiger partial charge in [-0.2, -0.15) is 4.98 Å². The quantitative estimate of drug-likeness (QED) is 0.565. The molecule has 3 aromatic rings. The Balaban J connectivity index is 1.56. The van der Waals surface area contributed by atoms with E-state index < -0.39 is 21.4 Å². The second kappa shape index (κ2) is 8.71. The van der Waals surface area contributed by atoms with Gasteiger partial charge in [-0.1, -0.05) is 22.8 Å². The fourth-order valence-corrected chi connectivity index (χ4v) is 3.82. The Morgan fingerprint density at radius 1 is 1.21 bits per heavy atom. The van der Waals surface area contributed by atoms with E-state index in [1.807, 2.05) is 6.92 Å². The van der Waals surface area contributed by atoms with Crippen LogP contribution in [-0.2, 0) is 26.8 Å². The molecule has 0 aliphatic heterocycles. The zero-order valence-electron chi connectivity index (χ0n) is 15.4. The number of halogens is 2. The SMILES string of the molecule is Cc1ccc(NC(=O)CCc2nc(CS(=O)(=O)c3ccc(F)cc3)no2)cc1Cl. The summed E-state index contributed by atoms with van der Waals surface area (Å²) in [6, 6.07) is 9.66. The molecular formula is C19H17ClFN3O4S. The molecule has 1 amide bonds. The summed E-state index contributed by atoms with van der Waals surface area (Å²) in [6.07, 6.45) is 0.215. The Labute approximate surface area is 171 Å². The highest BCUT2D eigenvalue weighted by molar-refractivity contribution is 7.90. The number of carbonyl (C=O) groups excluding carboxylic acids is 1. The molecule has 0 unspecified atom stereocenters. The van der Waals surface area contributed by atoms with Crippen molar-refractivity contribution in [3.8, 4) is 0 Å². The number of aromatic nitrogens is 2. The van der Waals surface area contributed by atoms with Gasteiger partial charge in [0.25, 0.3) is 0 Å². The van der Waals surface area contributed by atoms with Gasteiger partial charge in [0.2, 0.25) is 11.8 Å². The van der Waals surface area contributed by atoms with Crippen molar-refractivity contribution < 1.29 is 22.1 Å². The Hall–Kier alpha value is -2.78. The van der Waals surface area contributed by atoms with Crippen LogP contribution >= 0.6 is 11.6 Å². The number of nitrogens with one attached hydrogen (secondary N) is 1. The zero-order chi connectivity index (χ0) is 21.0. The van der Waals surface area contributed by atoms with E-state index in [2.05, 4.69) is 15.5 Å². The summed E-state index contributed by atoms with van der Waals surface area (Å²) in [4.78, 5) is 16.0. The van der Waals surface area contributed by atoms with E-state index in [-0.39, 0.29) is 35.4 Å². The molecule has 152 valence electrons. The van der Waals surface area contributed by atoms with Crippen LogP contribution in [0.1, 0.15) is 23.7 Å². The lowest BCUT2D eigenvalue weighted by Gasteiger charge is -2.06. The van der Waals surface area contributed by atoms with E-state index in [4.69, 9.17) is 16.1 Å². The van der Waals surface area contributed by atoms with Crippen molar-refractivity contribution in [2.45, 2.75) is 30.4 Å². The molecule has 0 spiro atoms. The predicted molar refractivity (Wildman–Crippen MR) is 105 cm³/mol. The smallest absolute Gasteiger partial charge is 0.227 e. The predicted octanol–water partition coefficient (Wildman–Crippen LogP) is 3.72. The van der Waals surface area contributed by atoms with Crippen LogP contribution in [0.25, 0.3) is 0 Å². The first-order chi connectivity index (χ1) is 13.7. The minimum Gasteiger partial charge on any atom is -0.339 e. The number of hydrogen-bond donors (Lipinski definition) is 1. The lowest BCUT2D eigenvalue weighted by atomic mass is 10.2. The van der Waals surface area contributed by atoms with Crippen LogP contribution in [0.3, 0.4) is 0 Å². The molecule has 1 aromatic heterocycles. The number of benzene rings is 2. The third-order valence-corrected chi connectivity index (χ3v) is 6.06. The molecule has 0 saturated heterocycles. The molecule has 2 aromatic carbocycles. The van der Waals surface area contributed by atoms with Crippen molar-refractivity contribution in [3.63, 3.8) is 0 Å². The largest absolute Gasteiger partial charge is 0.339 e. The maximum Gasteiger partial charge on any atom is 0.227 e. The molecule has 7 nitrogen and oxygen atoms in total. The summed E-state index contributed by atoms with van der Waals surface area (Å²) in [5.41, 5.74) is 1.47. The molecule has 29 heavy (non-hydrogen) atoms. The minimum atomic E-state index is -3.74. The van der Waals surface area contributed by atoms with Gasteiger partial charge in [0.05, 0.1) is 4.90 Å². The van der Waals surface area contributed by atoms with E-state index in [9.17, 15) is 17.6 Å². The standard InChI is InChI=1S/C19H17ClFN3O4S/c1-12-2-5-14(10-16(12)20)22-18(25)8-9-19-23-17(24-28-19)11-29(26,27)15-6-3-13(21)4-7-15/h2-7,10H,8-9,11H2,1H3,(H,22,25). The summed E-state index contributed by atoms with van der Waals surface area (Å²) < 4.78 is 42.6. The number of sulfone groups is 1. The summed E-state index contributed by atoms with van der Waals surface area (Å²) >= 11 is 6.03. The van der Waals surface area contributed by atoms with Crippen molar-refractivity contribution in [2.24, 2.45) is 0 Å². The summed E-state index contributed by atoms with van der Waals surface area (Å²) in [6.45, 7) is 1.86. The average molecular weight is 438 g/mol. The molecule has 0 bridgehead atoms. The van der Waals surface area contributed by atoms with Crippen molar-refractivity contribution in [1.82, 2.24) is 10.1 Å². The number of rotatable bonds is 7. The third kappa shape index (κ3) is 5.61. The Morgan fingerprint density at radius 2 is 1.93 bits per heavy atom. The van der Waals surface area contributed by atoms with Gasteiger partial charge >= 0.3 is 0 Å². The molecule has 0 saturated carbocycles. The van der Waals surface area contributed by atoms with Crippen molar-refractivity contribution in [3.05, 3.63) is 70.6 Å². The van der Waals surface area contributed by atoms with E-state index in [1.165, 1.54) is 12.1 Å². The first-order valence-corrected chi connectivity index (χ1v) is 10.6. The normalized spacial score (nSPS) is 11.4. The molecule has 0 aliphatic carbocycles. The number of anilines is 1. The maximum absolute atomic E-state index is 13.0. The van der Waals surface area contributed by atoms with Crippen LogP contribution < -0.4 is 5.32 Å². The lowest BCUT2D eigenvalue weighted by Crippen LogP contribution is -2.12. The van der Waals surface area contributed by atoms with Gasteiger partial charge in [0.15, 0.2) is 15.7 Å². The molecule has 10 heteroatoms. The van der Waals surface area contributed by atoms with Crippen LogP contribution in [0.2, 0.25) is 5.02 Å². The van der Waals surface area contributed by atoms with Gasteiger partial charge in [-0.15, -0.1) is 0 Å². The van der Waals surface area contributed by atoms with E-state index in [0.717, 1.165) is 17.7 Å². The second-order valence-electron chi connectivity index (χ2n) is 6.33. The molecule has 0 fully saturated rings. The van der Waals surface area contributed by atoms with Crippen molar-refractivity contribution in [1.29, 1.82) is 0 Å². The average Bonchev–Trinajstić information content (AvgIpc) is 3.10. The van der Waals surface area contributed by atoms with Crippen LogP contribution in [-0.4, -0.2) is 24.5 Å². The van der Waals surface area contributed by atoms with Crippen LogP contribution in [0.4, 0.5) is 10.1 Å². The second-order valence-corrected chi connectivity index (χ2v) is 8.73. The summed E-state index contributed by atoms with van der Waals surface area (Å²) in [7, 11) is -3.74. The van der Waals surface area contributed by atoms with Crippen LogP contribution in [0, 0.1) is 12.7 Å². The van der Waals surface area contributed by atoms with Gasteiger partial charge in [-0.05, 0) is 48.9 Å². The fraction of sp³-hybridized carbons (Fsp3) is 0.211. The number of hydrogen-bond acceptors (Lipinski definition) is 6. The van der Waals surface area contributed by atoms with Gasteiger partial charge in [-0.3, -0.25) is 4.79 Å². The number of amides is 1. The monoisotopic (exact) mass is 437 g/mol. The fourth-order valence-electron chi connectivity index (χ4n) is 2.46. The topological polar surface area (TPSA) is 102 Å². The van der Waals surface area contributed by atoms with E-state index in [0.29, 0.717) is 10.7 Å². The van der Waals surface area contributed by atoms with Crippen molar-refractivity contribution in [2.75, 3.05) is 5.32 Å². The van der Waals surface area contributed by atoms with Gasteiger partial charge in [0.1, 0.15) is 11.6 Å². The van der Waals surface area contributed by atoms with E-state index in [1.54, 1.807) is 18.2 Å². The molecule has 0 aliphatic rings. The van der Waals surface area contributed by atoms with Gasteiger partial charge in [0, 0.05) is 23.6 Å². The number of aryl methyl sites for hydroxylation is 2. The van der Waals surface area contributed by atoms with Crippen LogP contribution in [0.5, 0.6) is 0 Å². The third-order valence-electron chi connectivity index (χ3n) is 4.02. The highest BCUT2D eigenvalue weighted by Crippen LogP contribution is 2.20. The maximum atomic E-state index is 13.0.